The fourth-order valence-electron chi connectivity index (χ4n) is 1.79. The lowest BCUT2D eigenvalue weighted by Crippen LogP contribution is -1.95. The van der Waals surface area contributed by atoms with Gasteiger partial charge in [0.25, 0.3) is 0 Å². The Morgan fingerprint density at radius 2 is 1.80 bits per heavy atom. The minimum Gasteiger partial charge on any atom is -0.289 e. The summed E-state index contributed by atoms with van der Waals surface area (Å²) in [5.74, 6) is -0.0220. The molecule has 0 N–H and O–H groups in total. The van der Waals surface area contributed by atoms with Crippen molar-refractivity contribution in [1.29, 1.82) is 0 Å². The van der Waals surface area contributed by atoms with Crippen LogP contribution in [0.15, 0.2) is 49.1 Å². The summed E-state index contributed by atoms with van der Waals surface area (Å²) >= 11 is 0. The van der Waals surface area contributed by atoms with Crippen LogP contribution in [0, 0.1) is 6.92 Å². The molecule has 0 aliphatic heterocycles. The third-order valence-corrected chi connectivity index (χ3v) is 2.59. The van der Waals surface area contributed by atoms with Crippen LogP contribution in [-0.2, 0) is 0 Å². The molecule has 0 saturated carbocycles. The minimum atomic E-state index is -0.0220. The molecule has 0 saturated heterocycles. The second kappa shape index (κ2) is 3.70. The zero-order chi connectivity index (χ0) is 10.8. The fourth-order valence-corrected chi connectivity index (χ4v) is 1.79. The Balaban J connectivity index is 2.82. The molecule has 74 valence electrons. The number of hydrogen-bond acceptors (Lipinski definition) is 1. The van der Waals surface area contributed by atoms with Gasteiger partial charge in [-0.3, -0.25) is 4.79 Å². The van der Waals surface area contributed by atoms with E-state index in [1.54, 1.807) is 0 Å². The molecule has 0 heterocycles. The molecule has 0 spiro atoms. The highest BCUT2D eigenvalue weighted by Crippen LogP contribution is 2.22. The van der Waals surface area contributed by atoms with Crippen LogP contribution in [0.3, 0.4) is 0 Å². The molecule has 0 atom stereocenters. The van der Waals surface area contributed by atoms with Crippen molar-refractivity contribution in [3.8, 4) is 0 Å². The second-order valence-electron chi connectivity index (χ2n) is 3.54. The predicted molar refractivity (Wildman–Crippen MR) is 63.2 cm³/mol. The van der Waals surface area contributed by atoms with Gasteiger partial charge in [0, 0.05) is 5.56 Å². The van der Waals surface area contributed by atoms with E-state index in [2.05, 4.69) is 6.58 Å². The maximum atomic E-state index is 11.6. The average molecular weight is 196 g/mol. The highest BCUT2D eigenvalue weighted by Gasteiger charge is 2.06. The largest absolute Gasteiger partial charge is 0.289 e. The SMILES string of the molecule is C=CC(=O)c1cccc2c(C)cccc12. The third kappa shape index (κ3) is 1.57. The van der Waals surface area contributed by atoms with E-state index in [4.69, 9.17) is 0 Å². The molecule has 15 heavy (non-hydrogen) atoms. The first-order valence-corrected chi connectivity index (χ1v) is 4.89. The van der Waals surface area contributed by atoms with Crippen LogP contribution in [0.4, 0.5) is 0 Å². The normalized spacial score (nSPS) is 10.2. The Kier molecular flexibility index (Phi) is 2.38. The van der Waals surface area contributed by atoms with E-state index < -0.39 is 0 Å². The minimum absolute atomic E-state index is 0.0220. The van der Waals surface area contributed by atoms with Crippen molar-refractivity contribution in [3.05, 3.63) is 60.2 Å². The van der Waals surface area contributed by atoms with Gasteiger partial charge in [-0.2, -0.15) is 0 Å². The summed E-state index contributed by atoms with van der Waals surface area (Å²) in [4.78, 5) is 11.6. The number of rotatable bonds is 2. The highest BCUT2D eigenvalue weighted by atomic mass is 16.1. The monoisotopic (exact) mass is 196 g/mol. The zero-order valence-corrected chi connectivity index (χ0v) is 8.66. The van der Waals surface area contributed by atoms with E-state index in [0.29, 0.717) is 0 Å². The van der Waals surface area contributed by atoms with Gasteiger partial charge in [0.2, 0.25) is 0 Å². The molecule has 0 bridgehead atoms. The third-order valence-electron chi connectivity index (χ3n) is 2.59. The first kappa shape index (κ1) is 9.66. The number of aryl methyl sites for hydroxylation is 1. The number of carbonyl (C=O) groups excluding carboxylic acids is 1. The van der Waals surface area contributed by atoms with Crippen molar-refractivity contribution < 1.29 is 4.79 Å². The van der Waals surface area contributed by atoms with Crippen LogP contribution in [0.5, 0.6) is 0 Å². The number of ketones is 1. The van der Waals surface area contributed by atoms with E-state index in [1.807, 2.05) is 43.3 Å². The first-order chi connectivity index (χ1) is 7.24. The zero-order valence-electron chi connectivity index (χ0n) is 8.66. The molecule has 0 fully saturated rings. The van der Waals surface area contributed by atoms with Gasteiger partial charge in [-0.1, -0.05) is 43.0 Å². The van der Waals surface area contributed by atoms with Crippen LogP contribution >= 0.6 is 0 Å². The van der Waals surface area contributed by atoms with Crippen molar-refractivity contribution in [2.45, 2.75) is 6.92 Å². The Bertz CT molecular complexity index is 538. The van der Waals surface area contributed by atoms with Crippen molar-refractivity contribution in [3.63, 3.8) is 0 Å². The fraction of sp³-hybridized carbons (Fsp3) is 0.0714. The predicted octanol–water partition coefficient (Wildman–Crippen LogP) is 3.52. The van der Waals surface area contributed by atoms with Crippen molar-refractivity contribution in [2.24, 2.45) is 0 Å². The smallest absolute Gasteiger partial charge is 0.185 e. The second-order valence-corrected chi connectivity index (χ2v) is 3.54. The summed E-state index contributed by atoms with van der Waals surface area (Å²) in [7, 11) is 0. The van der Waals surface area contributed by atoms with Crippen molar-refractivity contribution in [2.75, 3.05) is 0 Å². The molecule has 0 amide bonds. The summed E-state index contributed by atoms with van der Waals surface area (Å²) in [5.41, 5.74) is 1.91. The van der Waals surface area contributed by atoms with Gasteiger partial charge in [0.15, 0.2) is 5.78 Å². The summed E-state index contributed by atoms with van der Waals surface area (Å²) in [6.07, 6.45) is 1.36. The van der Waals surface area contributed by atoms with Crippen LogP contribution < -0.4 is 0 Å². The molecule has 2 aromatic carbocycles. The molecule has 0 unspecified atom stereocenters. The lowest BCUT2D eigenvalue weighted by molar-refractivity contribution is 0.104. The van der Waals surface area contributed by atoms with Gasteiger partial charge in [0.1, 0.15) is 0 Å². The lowest BCUT2D eigenvalue weighted by Gasteiger charge is -2.05. The molecule has 2 aromatic rings. The van der Waals surface area contributed by atoms with E-state index >= 15 is 0 Å². The number of hydrogen-bond donors (Lipinski definition) is 0. The number of fused-ring (bicyclic) bond motifs is 1. The Hall–Kier alpha value is -1.89. The molecule has 1 nitrogen and oxygen atoms in total. The molecular weight excluding hydrogens is 184 g/mol. The average Bonchev–Trinajstić information content (AvgIpc) is 2.28. The summed E-state index contributed by atoms with van der Waals surface area (Å²) in [6, 6.07) is 11.8. The van der Waals surface area contributed by atoms with Gasteiger partial charge >= 0.3 is 0 Å². The number of benzene rings is 2. The number of carbonyl (C=O) groups is 1. The van der Waals surface area contributed by atoms with Crippen LogP contribution in [0.1, 0.15) is 15.9 Å². The van der Waals surface area contributed by atoms with Gasteiger partial charge in [-0.25, -0.2) is 0 Å². The molecule has 0 aliphatic carbocycles. The van der Waals surface area contributed by atoms with Crippen LogP contribution in [0.25, 0.3) is 10.8 Å². The summed E-state index contributed by atoms with van der Waals surface area (Å²) < 4.78 is 0. The Labute approximate surface area is 89.0 Å². The van der Waals surface area contributed by atoms with Gasteiger partial charge in [-0.15, -0.1) is 0 Å². The molecule has 0 radical (unpaired) electrons. The van der Waals surface area contributed by atoms with Gasteiger partial charge in [0.05, 0.1) is 0 Å². The molecule has 2 rings (SSSR count). The van der Waals surface area contributed by atoms with Crippen LogP contribution in [0.2, 0.25) is 0 Å². The first-order valence-electron chi connectivity index (χ1n) is 4.89. The van der Waals surface area contributed by atoms with Gasteiger partial charge in [-0.05, 0) is 29.3 Å². The Morgan fingerprint density at radius 3 is 2.53 bits per heavy atom. The van der Waals surface area contributed by atoms with E-state index in [9.17, 15) is 4.79 Å². The highest BCUT2D eigenvalue weighted by molar-refractivity contribution is 6.13. The molecule has 0 aliphatic rings. The number of allylic oxidation sites excluding steroid dienone is 1. The molecule has 0 aromatic heterocycles. The van der Waals surface area contributed by atoms with Gasteiger partial charge < -0.3 is 0 Å². The Morgan fingerprint density at radius 1 is 1.13 bits per heavy atom. The maximum absolute atomic E-state index is 11.6. The molecular formula is C14H12O. The van der Waals surface area contributed by atoms with Crippen LogP contribution in [-0.4, -0.2) is 5.78 Å². The lowest BCUT2D eigenvalue weighted by atomic mass is 9.98. The summed E-state index contributed by atoms with van der Waals surface area (Å²) in [5, 5.41) is 2.13. The van der Waals surface area contributed by atoms with Crippen molar-refractivity contribution >= 4 is 16.6 Å². The standard InChI is InChI=1S/C14H12O/c1-3-14(15)13-9-5-7-11-10(2)6-4-8-12(11)13/h3-9H,1H2,2H3. The topological polar surface area (TPSA) is 17.1 Å². The van der Waals surface area contributed by atoms with E-state index in [-0.39, 0.29) is 5.78 Å². The summed E-state index contributed by atoms with van der Waals surface area (Å²) in [6.45, 7) is 5.56. The van der Waals surface area contributed by atoms with Crippen molar-refractivity contribution in [1.82, 2.24) is 0 Å². The maximum Gasteiger partial charge on any atom is 0.185 e. The quantitative estimate of drug-likeness (QED) is 0.530. The molecule has 1 heteroatoms. The van der Waals surface area contributed by atoms with E-state index in [1.165, 1.54) is 11.6 Å². The van der Waals surface area contributed by atoms with E-state index in [0.717, 1.165) is 16.3 Å².